The number of aryl methyl sites for hydroxylation is 2. The van der Waals surface area contributed by atoms with Gasteiger partial charge in [0, 0.05) is 51.5 Å². The molecule has 8 heteroatoms. The molecule has 1 aromatic carbocycles. The maximum atomic E-state index is 13.0. The molecule has 0 saturated carbocycles. The Labute approximate surface area is 187 Å². The molecule has 0 bridgehead atoms. The van der Waals surface area contributed by atoms with Crippen LogP contribution in [0.1, 0.15) is 30.7 Å². The number of hydrogen-bond donors (Lipinski definition) is 1. The van der Waals surface area contributed by atoms with E-state index in [1.807, 2.05) is 13.8 Å². The maximum Gasteiger partial charge on any atom is 0.269 e. The smallest absolute Gasteiger partial charge is 0.269 e. The van der Waals surface area contributed by atoms with Crippen molar-refractivity contribution in [2.24, 2.45) is 7.05 Å². The van der Waals surface area contributed by atoms with Crippen molar-refractivity contribution in [2.75, 3.05) is 10.8 Å². The van der Waals surface area contributed by atoms with Crippen LogP contribution in [0.3, 0.4) is 0 Å². The van der Waals surface area contributed by atoms with Crippen LogP contribution in [0.15, 0.2) is 30.5 Å². The van der Waals surface area contributed by atoms with E-state index in [9.17, 15) is 13.5 Å². The Balaban J connectivity index is 0.00000164. The number of aliphatic hydroxyl groups excluding tert-OH is 1. The first kappa shape index (κ1) is 25.4. The fourth-order valence-electron chi connectivity index (χ4n) is 2.64. The Morgan fingerprint density at radius 1 is 1.26 bits per heavy atom. The summed E-state index contributed by atoms with van der Waals surface area (Å²) in [6.07, 6.45) is 6.85. The number of aliphatic hydroxyl groups is 1. The molecule has 1 aliphatic heterocycles. The second-order valence-corrected chi connectivity index (χ2v) is 7.04. The van der Waals surface area contributed by atoms with Gasteiger partial charge in [0.25, 0.3) is 10.0 Å². The van der Waals surface area contributed by atoms with Crippen LogP contribution in [0.25, 0.3) is 10.7 Å². The van der Waals surface area contributed by atoms with Gasteiger partial charge in [0.2, 0.25) is 0 Å². The van der Waals surface area contributed by atoms with Crippen molar-refractivity contribution >= 4 is 26.4 Å². The molecule has 3 rings (SSSR count). The zero-order valence-corrected chi connectivity index (χ0v) is 19.9. The third-order valence-electron chi connectivity index (χ3n) is 3.69. The molecule has 27 heavy (non-hydrogen) atoms. The van der Waals surface area contributed by atoms with E-state index in [2.05, 4.69) is 11.0 Å². The standard InChI is InChI=1S/C16H15N3O3S.C2H6.CH3.Y/c1-4-9-19-13-10-18(3)17-14(13)15(20)16(23(19,21)22)12-8-6-5-7-11(12)2;1-2;;/h1,5-8,10,20H,9H2,2-3H3;1-2H3;1H3;/q;;-1;. The molecule has 1 radical (unpaired) electrons. The summed E-state index contributed by atoms with van der Waals surface area (Å²) in [5.41, 5.74) is 1.65. The number of sulfonamides is 1. The summed E-state index contributed by atoms with van der Waals surface area (Å²) in [5, 5.41) is 14.8. The van der Waals surface area contributed by atoms with Crippen molar-refractivity contribution < 1.29 is 46.2 Å². The van der Waals surface area contributed by atoms with Gasteiger partial charge in [0.05, 0.1) is 6.54 Å². The summed E-state index contributed by atoms with van der Waals surface area (Å²) in [6.45, 7) is 5.65. The molecule has 0 unspecified atom stereocenters. The topological polar surface area (TPSA) is 75.4 Å². The van der Waals surface area contributed by atoms with Crippen LogP contribution in [0, 0.1) is 26.7 Å². The third-order valence-corrected chi connectivity index (χ3v) is 5.53. The number of nitrogens with zero attached hydrogens (tertiary/aromatic N) is 3. The van der Waals surface area contributed by atoms with Gasteiger partial charge in [0.1, 0.15) is 10.6 Å². The normalized spacial score (nSPS) is 14.0. The molecule has 2 heterocycles. The zero-order chi connectivity index (χ0) is 18.8. The fraction of sp³-hybridized carbons (Fsp3) is 0.263. The molecule has 0 amide bonds. The van der Waals surface area contributed by atoms with E-state index in [0.717, 1.165) is 9.87 Å². The molecule has 0 saturated heterocycles. The minimum Gasteiger partial charge on any atom is -0.504 e. The molecule has 143 valence electrons. The molecule has 1 aliphatic rings. The second kappa shape index (κ2) is 10.1. The average Bonchev–Trinajstić information content (AvgIpc) is 2.97. The second-order valence-electron chi connectivity index (χ2n) is 5.25. The number of anilines is 1. The van der Waals surface area contributed by atoms with E-state index in [1.165, 1.54) is 10.9 Å². The van der Waals surface area contributed by atoms with E-state index < -0.39 is 10.0 Å². The summed E-state index contributed by atoms with van der Waals surface area (Å²) in [6, 6.07) is 6.96. The Kier molecular flexibility index (Phi) is 9.47. The van der Waals surface area contributed by atoms with Crippen molar-refractivity contribution in [3.05, 3.63) is 54.7 Å². The van der Waals surface area contributed by atoms with Gasteiger partial charge < -0.3 is 12.5 Å². The molecule has 0 aliphatic carbocycles. The van der Waals surface area contributed by atoms with Crippen LogP contribution in [-0.4, -0.2) is 29.8 Å². The first-order valence-corrected chi connectivity index (χ1v) is 9.31. The maximum absolute atomic E-state index is 13.0. The Morgan fingerprint density at radius 3 is 2.41 bits per heavy atom. The monoisotopic (exact) mass is 463 g/mol. The van der Waals surface area contributed by atoms with Gasteiger partial charge in [-0.3, -0.25) is 8.99 Å². The Bertz CT molecular complexity index is 972. The summed E-state index contributed by atoms with van der Waals surface area (Å²) >= 11 is 0. The molecular formula is C19H24N3O3SY-. The van der Waals surface area contributed by atoms with E-state index >= 15 is 0 Å². The molecule has 0 fully saturated rings. The summed E-state index contributed by atoms with van der Waals surface area (Å²) in [5.74, 6) is 1.99. The largest absolute Gasteiger partial charge is 0.504 e. The van der Waals surface area contributed by atoms with Gasteiger partial charge in [-0.05, 0) is 12.5 Å². The van der Waals surface area contributed by atoms with Gasteiger partial charge in [-0.25, -0.2) is 8.42 Å². The fourth-order valence-corrected chi connectivity index (χ4v) is 4.35. The van der Waals surface area contributed by atoms with Crippen molar-refractivity contribution in [2.45, 2.75) is 20.8 Å². The molecule has 1 N–H and O–H groups in total. The predicted octanol–water partition coefficient (Wildman–Crippen LogP) is 3.37. The third kappa shape index (κ3) is 4.45. The van der Waals surface area contributed by atoms with E-state index in [-0.39, 0.29) is 68.7 Å². The summed E-state index contributed by atoms with van der Waals surface area (Å²) in [4.78, 5) is -0.169. The van der Waals surface area contributed by atoms with Crippen LogP contribution < -0.4 is 4.31 Å². The van der Waals surface area contributed by atoms with Crippen molar-refractivity contribution in [1.82, 2.24) is 9.78 Å². The predicted molar refractivity (Wildman–Crippen MR) is 107 cm³/mol. The molecule has 1 aromatic heterocycles. The zero-order valence-electron chi connectivity index (χ0n) is 16.3. The van der Waals surface area contributed by atoms with Crippen LogP contribution >= 0.6 is 0 Å². The quantitative estimate of drug-likeness (QED) is 0.548. The van der Waals surface area contributed by atoms with Crippen LogP contribution in [0.2, 0.25) is 0 Å². The molecule has 0 atom stereocenters. The van der Waals surface area contributed by atoms with Crippen LogP contribution in [0.4, 0.5) is 5.69 Å². The number of benzene rings is 1. The first-order valence-electron chi connectivity index (χ1n) is 7.87. The first-order chi connectivity index (χ1) is 11.9. The minimum atomic E-state index is -3.98. The number of terminal acetylenes is 1. The van der Waals surface area contributed by atoms with Gasteiger partial charge in [-0.15, -0.1) is 6.42 Å². The van der Waals surface area contributed by atoms with E-state index in [1.54, 1.807) is 38.2 Å². The summed E-state index contributed by atoms with van der Waals surface area (Å²) in [7, 11) is -2.33. The molecule has 6 nitrogen and oxygen atoms in total. The Hall–Kier alpha value is -1.62. The minimum absolute atomic E-state index is 0. The SMILES string of the molecule is C#CCN1c2cn(C)nc2C(O)=C(c2ccccc2C)S1(=O)=O.CC.[CH3-].[Y]. The summed E-state index contributed by atoms with van der Waals surface area (Å²) < 4.78 is 28.6. The number of aromatic nitrogens is 2. The molecule has 2 aromatic rings. The van der Waals surface area contributed by atoms with Gasteiger partial charge in [-0.2, -0.15) is 5.10 Å². The van der Waals surface area contributed by atoms with Crippen molar-refractivity contribution in [1.29, 1.82) is 0 Å². The van der Waals surface area contributed by atoms with Gasteiger partial charge in [-0.1, -0.05) is 44.0 Å². The Morgan fingerprint density at radius 2 is 1.85 bits per heavy atom. The van der Waals surface area contributed by atoms with Gasteiger partial charge in [0.15, 0.2) is 11.5 Å². The molecule has 0 spiro atoms. The van der Waals surface area contributed by atoms with E-state index in [4.69, 9.17) is 6.42 Å². The number of rotatable bonds is 2. The molecular weight excluding hydrogens is 439 g/mol. The van der Waals surface area contributed by atoms with Crippen molar-refractivity contribution in [3.8, 4) is 12.3 Å². The van der Waals surface area contributed by atoms with Crippen molar-refractivity contribution in [3.63, 3.8) is 0 Å². The van der Waals surface area contributed by atoms with Crippen LogP contribution in [-0.2, 0) is 49.8 Å². The van der Waals surface area contributed by atoms with Crippen LogP contribution in [0.5, 0.6) is 0 Å². The van der Waals surface area contributed by atoms with E-state index in [0.29, 0.717) is 5.56 Å². The average molecular weight is 463 g/mol. The number of hydrogen-bond acceptors (Lipinski definition) is 4. The number of fused-ring (bicyclic) bond motifs is 1. The van der Waals surface area contributed by atoms with Gasteiger partial charge >= 0.3 is 0 Å².